The van der Waals surface area contributed by atoms with Gasteiger partial charge in [0.05, 0.1) is 0 Å². The van der Waals surface area contributed by atoms with E-state index in [1.165, 1.54) is 0 Å². The molecule has 0 aromatic heterocycles. The third-order valence-corrected chi connectivity index (χ3v) is 5.31. The molecule has 0 aromatic rings. The largest absolute Gasteiger partial charge is 0.143 e. The lowest BCUT2D eigenvalue weighted by molar-refractivity contribution is 0.662. The second-order valence-corrected chi connectivity index (χ2v) is 5.37. The molecule has 1 aliphatic heterocycles. The highest BCUT2D eigenvalue weighted by atomic mass is 35.5. The lowest BCUT2D eigenvalue weighted by Crippen LogP contribution is -2.22. The predicted molar refractivity (Wildman–Crippen MR) is 45.8 cm³/mol. The fourth-order valence-corrected chi connectivity index (χ4v) is 3.08. The minimum absolute atomic E-state index is 0.246. The van der Waals surface area contributed by atoms with Gasteiger partial charge in [0.25, 0.3) is 0 Å². The Bertz CT molecular complexity index is 114. The Morgan fingerprint density at radius 1 is 1.11 bits per heavy atom. The molecule has 0 N–H and O–H groups in total. The van der Waals surface area contributed by atoms with Crippen molar-refractivity contribution in [2.75, 3.05) is 11.8 Å². The molecule has 0 radical (unpaired) electrons. The van der Waals surface area contributed by atoms with Crippen LogP contribution in [0.2, 0.25) is 0 Å². The van der Waals surface area contributed by atoms with Gasteiger partial charge < -0.3 is 0 Å². The van der Waals surface area contributed by atoms with Crippen molar-refractivity contribution in [1.29, 1.82) is 0 Å². The van der Waals surface area contributed by atoms with Gasteiger partial charge in [-0.25, -0.2) is 0 Å². The Balaban J connectivity index is 2.54. The van der Waals surface area contributed by atoms with Crippen LogP contribution < -0.4 is 0 Å². The zero-order valence-electron chi connectivity index (χ0n) is 5.58. The third-order valence-electron chi connectivity index (χ3n) is 2.04. The highest BCUT2D eigenvalue weighted by Crippen LogP contribution is 2.64. The first-order valence-electron chi connectivity index (χ1n) is 2.90. The second kappa shape index (κ2) is 2.21. The molecule has 0 aliphatic carbocycles. The number of rotatable bonds is 2. The first-order valence-corrected chi connectivity index (χ1v) is 4.79. The Hall–Kier alpha value is 0.930. The molecule has 1 fully saturated rings. The molecule has 0 spiro atoms. The van der Waals surface area contributed by atoms with Gasteiger partial charge in [-0.05, 0) is 13.8 Å². The van der Waals surface area contributed by atoms with Gasteiger partial charge in [0.15, 0.2) is 0 Å². The van der Waals surface area contributed by atoms with Crippen LogP contribution in [0.25, 0.3) is 0 Å². The molecule has 0 bridgehead atoms. The second-order valence-electron chi connectivity index (χ2n) is 2.83. The standard InChI is InChI=1S/C6H10Cl2S/c1-5(3-7)6(2,4-8)9-5/h3-4H2,1-2H3. The normalized spacial score (nSPS) is 49.3. The number of hydrogen-bond acceptors (Lipinski definition) is 1. The minimum Gasteiger partial charge on any atom is -0.143 e. The Morgan fingerprint density at radius 3 is 1.56 bits per heavy atom. The molecular formula is C6H10Cl2S. The van der Waals surface area contributed by atoms with E-state index < -0.39 is 0 Å². The summed E-state index contributed by atoms with van der Waals surface area (Å²) in [4.78, 5) is 0. The van der Waals surface area contributed by atoms with Crippen LogP contribution in [0.1, 0.15) is 13.8 Å². The summed E-state index contributed by atoms with van der Waals surface area (Å²) in [5, 5.41) is 0. The zero-order chi connectivity index (χ0) is 7.12. The monoisotopic (exact) mass is 184 g/mol. The third kappa shape index (κ3) is 1.08. The molecule has 0 amide bonds. The highest BCUT2D eigenvalue weighted by molar-refractivity contribution is 8.09. The van der Waals surface area contributed by atoms with Crippen LogP contribution >= 0.6 is 35.0 Å². The molecule has 0 aromatic carbocycles. The molecule has 0 nitrogen and oxygen atoms in total. The smallest absolute Gasteiger partial charge is 0.0429 e. The van der Waals surface area contributed by atoms with Crippen molar-refractivity contribution in [3.63, 3.8) is 0 Å². The predicted octanol–water partition coefficient (Wildman–Crippen LogP) is 2.73. The van der Waals surface area contributed by atoms with E-state index in [2.05, 4.69) is 13.8 Å². The van der Waals surface area contributed by atoms with E-state index in [-0.39, 0.29) is 9.49 Å². The van der Waals surface area contributed by atoms with Crippen molar-refractivity contribution in [3.8, 4) is 0 Å². The quantitative estimate of drug-likeness (QED) is 0.470. The van der Waals surface area contributed by atoms with E-state index in [1.807, 2.05) is 11.8 Å². The van der Waals surface area contributed by atoms with Crippen LogP contribution in [0, 0.1) is 0 Å². The van der Waals surface area contributed by atoms with Crippen molar-refractivity contribution >= 4 is 35.0 Å². The first kappa shape index (κ1) is 8.03. The number of halogens is 2. The van der Waals surface area contributed by atoms with Crippen LogP contribution in [-0.4, -0.2) is 21.3 Å². The van der Waals surface area contributed by atoms with E-state index in [1.54, 1.807) is 0 Å². The van der Waals surface area contributed by atoms with E-state index in [4.69, 9.17) is 23.2 Å². The summed E-state index contributed by atoms with van der Waals surface area (Å²) in [6.45, 7) is 4.32. The summed E-state index contributed by atoms with van der Waals surface area (Å²) in [7, 11) is 0. The molecule has 9 heavy (non-hydrogen) atoms. The fourth-order valence-electron chi connectivity index (χ4n) is 0.809. The van der Waals surface area contributed by atoms with Crippen molar-refractivity contribution in [3.05, 3.63) is 0 Å². The van der Waals surface area contributed by atoms with Gasteiger partial charge in [-0.1, -0.05) is 0 Å². The van der Waals surface area contributed by atoms with E-state index in [0.29, 0.717) is 11.8 Å². The molecular weight excluding hydrogens is 175 g/mol. The minimum atomic E-state index is 0.246. The summed E-state index contributed by atoms with van der Waals surface area (Å²) in [6, 6.07) is 0. The van der Waals surface area contributed by atoms with Crippen molar-refractivity contribution in [1.82, 2.24) is 0 Å². The summed E-state index contributed by atoms with van der Waals surface area (Å²) in [5.41, 5.74) is 0. The summed E-state index contributed by atoms with van der Waals surface area (Å²) >= 11 is 13.3. The van der Waals surface area contributed by atoms with E-state index in [0.717, 1.165) is 0 Å². The van der Waals surface area contributed by atoms with Crippen LogP contribution in [-0.2, 0) is 0 Å². The van der Waals surface area contributed by atoms with Gasteiger partial charge in [0.1, 0.15) is 0 Å². The average molecular weight is 185 g/mol. The van der Waals surface area contributed by atoms with Gasteiger partial charge in [0.2, 0.25) is 0 Å². The molecule has 1 heterocycles. The topological polar surface area (TPSA) is 0 Å². The lowest BCUT2D eigenvalue weighted by atomic mass is 10.0. The maximum Gasteiger partial charge on any atom is 0.0429 e. The lowest BCUT2D eigenvalue weighted by Gasteiger charge is -2.07. The molecule has 3 heteroatoms. The SMILES string of the molecule is CC1(CCl)SC1(C)CCl. The fraction of sp³-hybridized carbons (Fsp3) is 1.00. The Labute approximate surface area is 70.3 Å². The molecule has 0 saturated carbocycles. The molecule has 2 unspecified atom stereocenters. The van der Waals surface area contributed by atoms with Crippen molar-refractivity contribution in [2.45, 2.75) is 23.3 Å². The number of alkyl halides is 2. The Kier molecular flexibility index (Phi) is 1.97. The highest BCUT2D eigenvalue weighted by Gasteiger charge is 2.61. The van der Waals surface area contributed by atoms with Crippen LogP contribution in [0.15, 0.2) is 0 Å². The number of hydrogen-bond donors (Lipinski definition) is 0. The molecule has 2 atom stereocenters. The van der Waals surface area contributed by atoms with Gasteiger partial charge >= 0.3 is 0 Å². The summed E-state index contributed by atoms with van der Waals surface area (Å²) < 4.78 is 0.493. The van der Waals surface area contributed by atoms with Crippen molar-refractivity contribution < 1.29 is 0 Å². The van der Waals surface area contributed by atoms with Crippen LogP contribution in [0.3, 0.4) is 0 Å². The van der Waals surface area contributed by atoms with E-state index >= 15 is 0 Å². The van der Waals surface area contributed by atoms with Gasteiger partial charge in [-0.2, -0.15) is 0 Å². The molecule has 1 rings (SSSR count). The molecule has 1 saturated heterocycles. The zero-order valence-corrected chi connectivity index (χ0v) is 7.91. The van der Waals surface area contributed by atoms with Crippen LogP contribution in [0.4, 0.5) is 0 Å². The van der Waals surface area contributed by atoms with Crippen molar-refractivity contribution in [2.24, 2.45) is 0 Å². The van der Waals surface area contributed by atoms with Gasteiger partial charge in [-0.3, -0.25) is 0 Å². The maximum absolute atomic E-state index is 5.72. The van der Waals surface area contributed by atoms with E-state index in [9.17, 15) is 0 Å². The average Bonchev–Trinajstić information content (AvgIpc) is 2.39. The molecule has 1 aliphatic rings. The van der Waals surface area contributed by atoms with Gasteiger partial charge in [-0.15, -0.1) is 35.0 Å². The first-order chi connectivity index (χ1) is 4.08. The molecule has 54 valence electrons. The summed E-state index contributed by atoms with van der Waals surface area (Å²) in [5.74, 6) is 1.42. The Morgan fingerprint density at radius 2 is 1.44 bits per heavy atom. The van der Waals surface area contributed by atoms with Crippen LogP contribution in [0.5, 0.6) is 0 Å². The van der Waals surface area contributed by atoms with Gasteiger partial charge in [0, 0.05) is 21.3 Å². The summed E-state index contributed by atoms with van der Waals surface area (Å²) in [6.07, 6.45) is 0. The maximum atomic E-state index is 5.72. The number of thioether (sulfide) groups is 1.